The molecular formula is C11H10O4S. The lowest BCUT2D eigenvalue weighted by Crippen LogP contribution is -2.30. The summed E-state index contributed by atoms with van der Waals surface area (Å²) in [6.45, 7) is -0.0935. The maximum Gasteiger partial charge on any atom is 0.326 e. The number of rotatable bonds is 1. The molecule has 0 fully saturated rings. The van der Waals surface area contributed by atoms with Gasteiger partial charge in [0.25, 0.3) is 0 Å². The van der Waals surface area contributed by atoms with Crippen LogP contribution in [0.1, 0.15) is 0 Å². The van der Waals surface area contributed by atoms with E-state index < -0.39 is 11.2 Å². The first kappa shape index (κ1) is 11.0. The van der Waals surface area contributed by atoms with Gasteiger partial charge in [-0.3, -0.25) is 9.59 Å². The van der Waals surface area contributed by atoms with Crippen molar-refractivity contribution < 1.29 is 19.1 Å². The zero-order valence-corrected chi connectivity index (χ0v) is 9.45. The number of fused-ring (bicyclic) bond motifs is 1. The van der Waals surface area contributed by atoms with E-state index in [-0.39, 0.29) is 12.4 Å². The number of Topliss-reactive ketones (excluding diaryl/α,β-unsaturated/α-hetero) is 1. The molecule has 0 bridgehead atoms. The fourth-order valence-corrected chi connectivity index (χ4v) is 2.42. The number of para-hydroxylation sites is 1. The maximum atomic E-state index is 11.6. The van der Waals surface area contributed by atoms with Crippen molar-refractivity contribution in [1.29, 1.82) is 0 Å². The van der Waals surface area contributed by atoms with Crippen LogP contribution in [0.3, 0.4) is 0 Å². The number of thioether (sulfide) groups is 1. The summed E-state index contributed by atoms with van der Waals surface area (Å²) >= 11 is 1.17. The number of benzene rings is 1. The molecule has 0 saturated carbocycles. The largest absolute Gasteiger partial charge is 0.485 e. The minimum absolute atomic E-state index is 0.0935. The van der Waals surface area contributed by atoms with Gasteiger partial charge in [0.1, 0.15) is 12.4 Å². The van der Waals surface area contributed by atoms with Crippen molar-refractivity contribution in [1.82, 2.24) is 0 Å². The lowest BCUT2D eigenvalue weighted by atomic mass is 10.3. The fraction of sp³-hybridized carbons (Fsp3) is 0.273. The first-order chi connectivity index (χ1) is 7.72. The topological polar surface area (TPSA) is 52.6 Å². The van der Waals surface area contributed by atoms with Gasteiger partial charge in [-0.05, 0) is 12.1 Å². The van der Waals surface area contributed by atoms with E-state index in [1.165, 1.54) is 18.9 Å². The van der Waals surface area contributed by atoms with Gasteiger partial charge in [0, 0.05) is 0 Å². The fourth-order valence-electron chi connectivity index (χ4n) is 1.37. The summed E-state index contributed by atoms with van der Waals surface area (Å²) in [6, 6.07) is 7.24. The van der Waals surface area contributed by atoms with Gasteiger partial charge in [-0.2, -0.15) is 0 Å². The minimum Gasteiger partial charge on any atom is -0.485 e. The average molecular weight is 238 g/mol. The number of ketones is 1. The van der Waals surface area contributed by atoms with Crippen LogP contribution in [0.2, 0.25) is 0 Å². The van der Waals surface area contributed by atoms with Crippen molar-refractivity contribution in [2.45, 2.75) is 10.1 Å². The van der Waals surface area contributed by atoms with Gasteiger partial charge in [0.15, 0.2) is 11.0 Å². The summed E-state index contributed by atoms with van der Waals surface area (Å²) in [6.07, 6.45) is 0. The van der Waals surface area contributed by atoms with E-state index in [1.807, 2.05) is 18.2 Å². The summed E-state index contributed by atoms with van der Waals surface area (Å²) in [4.78, 5) is 23.8. The first-order valence-electron chi connectivity index (χ1n) is 4.71. The minimum atomic E-state index is -0.825. The Morgan fingerprint density at radius 2 is 2.25 bits per heavy atom. The summed E-state index contributed by atoms with van der Waals surface area (Å²) in [5.74, 6) is -0.171. The lowest BCUT2D eigenvalue weighted by Gasteiger charge is -2.08. The number of hydrogen-bond acceptors (Lipinski definition) is 5. The van der Waals surface area contributed by atoms with Crippen LogP contribution in [-0.4, -0.2) is 30.7 Å². The van der Waals surface area contributed by atoms with Crippen LogP contribution in [0.15, 0.2) is 29.2 Å². The third-order valence-corrected chi connectivity index (χ3v) is 3.45. The molecule has 0 aromatic heterocycles. The SMILES string of the molecule is COC(=O)C1Sc2ccccc2OCC1=O. The molecule has 1 unspecified atom stereocenters. The Balaban J connectivity index is 2.31. The molecular weight excluding hydrogens is 228 g/mol. The first-order valence-corrected chi connectivity index (χ1v) is 5.59. The molecule has 4 nitrogen and oxygen atoms in total. The van der Waals surface area contributed by atoms with Crippen molar-refractivity contribution in [2.75, 3.05) is 13.7 Å². The number of carbonyl (C=O) groups is 2. The second kappa shape index (κ2) is 4.57. The summed E-state index contributed by atoms with van der Waals surface area (Å²) in [5, 5.41) is -0.825. The Kier molecular flexibility index (Phi) is 3.14. The zero-order valence-electron chi connectivity index (χ0n) is 8.64. The second-order valence-corrected chi connectivity index (χ2v) is 4.37. The third kappa shape index (κ3) is 2.04. The second-order valence-electron chi connectivity index (χ2n) is 3.22. The summed E-state index contributed by atoms with van der Waals surface area (Å²) in [7, 11) is 1.27. The van der Waals surface area contributed by atoms with Crippen molar-refractivity contribution in [2.24, 2.45) is 0 Å². The molecule has 0 aliphatic carbocycles. The number of hydrogen-bond donors (Lipinski definition) is 0. The number of methoxy groups -OCH3 is 1. The van der Waals surface area contributed by atoms with E-state index in [0.717, 1.165) is 4.90 Å². The quantitative estimate of drug-likeness (QED) is 0.545. The Labute approximate surface area is 96.9 Å². The molecule has 1 heterocycles. The average Bonchev–Trinajstić information content (AvgIpc) is 2.48. The highest BCUT2D eigenvalue weighted by atomic mass is 32.2. The highest BCUT2D eigenvalue weighted by Gasteiger charge is 2.32. The van der Waals surface area contributed by atoms with E-state index in [1.54, 1.807) is 6.07 Å². The standard InChI is InChI=1S/C11H10O4S/c1-14-11(13)10-7(12)6-15-8-4-2-3-5-9(8)16-10/h2-5,10H,6H2,1H3. The third-order valence-electron chi connectivity index (χ3n) is 2.17. The Bertz CT molecular complexity index is 430. The van der Waals surface area contributed by atoms with Gasteiger partial charge in [-0.25, -0.2) is 0 Å². The van der Waals surface area contributed by atoms with Gasteiger partial charge in [0.05, 0.1) is 12.0 Å². The Morgan fingerprint density at radius 1 is 1.50 bits per heavy atom. The van der Waals surface area contributed by atoms with Crippen molar-refractivity contribution in [3.05, 3.63) is 24.3 Å². The van der Waals surface area contributed by atoms with Gasteiger partial charge in [-0.15, -0.1) is 0 Å². The van der Waals surface area contributed by atoms with E-state index in [9.17, 15) is 9.59 Å². The summed E-state index contributed by atoms with van der Waals surface area (Å²) < 4.78 is 9.90. The molecule has 1 aromatic rings. The number of esters is 1. The molecule has 1 aromatic carbocycles. The van der Waals surface area contributed by atoms with Crippen LogP contribution in [0.25, 0.3) is 0 Å². The van der Waals surface area contributed by atoms with E-state index in [0.29, 0.717) is 5.75 Å². The number of carbonyl (C=O) groups excluding carboxylic acids is 2. The van der Waals surface area contributed by atoms with Crippen LogP contribution in [-0.2, 0) is 14.3 Å². The zero-order chi connectivity index (χ0) is 11.5. The predicted molar refractivity (Wildman–Crippen MR) is 58.6 cm³/mol. The van der Waals surface area contributed by atoms with Gasteiger partial charge < -0.3 is 9.47 Å². The molecule has 0 amide bonds. The molecule has 0 saturated heterocycles. The van der Waals surface area contributed by atoms with Crippen molar-refractivity contribution in [3.8, 4) is 5.75 Å². The summed E-state index contributed by atoms with van der Waals surface area (Å²) in [5.41, 5.74) is 0. The normalized spacial score (nSPS) is 19.3. The number of ether oxygens (including phenoxy) is 2. The van der Waals surface area contributed by atoms with Gasteiger partial charge in [-0.1, -0.05) is 23.9 Å². The van der Waals surface area contributed by atoms with E-state index in [4.69, 9.17) is 4.74 Å². The van der Waals surface area contributed by atoms with E-state index >= 15 is 0 Å². The van der Waals surface area contributed by atoms with E-state index in [2.05, 4.69) is 4.74 Å². The maximum absolute atomic E-state index is 11.6. The van der Waals surface area contributed by atoms with Crippen molar-refractivity contribution in [3.63, 3.8) is 0 Å². The van der Waals surface area contributed by atoms with Gasteiger partial charge >= 0.3 is 5.97 Å². The van der Waals surface area contributed by atoms with Gasteiger partial charge in [0.2, 0.25) is 0 Å². The molecule has 16 heavy (non-hydrogen) atoms. The smallest absolute Gasteiger partial charge is 0.326 e. The molecule has 0 spiro atoms. The van der Waals surface area contributed by atoms with Crippen LogP contribution < -0.4 is 4.74 Å². The van der Waals surface area contributed by atoms with Crippen LogP contribution >= 0.6 is 11.8 Å². The monoisotopic (exact) mass is 238 g/mol. The molecule has 1 aliphatic heterocycles. The molecule has 1 aliphatic rings. The van der Waals surface area contributed by atoms with Crippen molar-refractivity contribution >= 4 is 23.5 Å². The van der Waals surface area contributed by atoms with Crippen LogP contribution in [0.5, 0.6) is 5.75 Å². The molecule has 1 atom stereocenters. The molecule has 2 rings (SSSR count). The highest BCUT2D eigenvalue weighted by molar-refractivity contribution is 8.01. The molecule has 0 radical (unpaired) electrons. The Hall–Kier alpha value is -1.49. The van der Waals surface area contributed by atoms with Crippen LogP contribution in [0.4, 0.5) is 0 Å². The lowest BCUT2D eigenvalue weighted by molar-refractivity contribution is -0.142. The predicted octanol–water partition coefficient (Wildman–Crippen LogP) is 1.28. The van der Waals surface area contributed by atoms with Crippen LogP contribution in [0, 0.1) is 0 Å². The molecule has 84 valence electrons. The molecule has 0 N–H and O–H groups in total. The Morgan fingerprint density at radius 3 is 3.00 bits per heavy atom. The highest BCUT2D eigenvalue weighted by Crippen LogP contribution is 2.35. The molecule has 5 heteroatoms.